The van der Waals surface area contributed by atoms with Crippen molar-refractivity contribution in [2.45, 2.75) is 41.2 Å². The van der Waals surface area contributed by atoms with Crippen LogP contribution in [-0.4, -0.2) is 76.8 Å². The number of nitrogens with zero attached hydrogens (tertiary/aromatic N) is 7. The normalized spacial score (nSPS) is 14.5. The SMILES string of the molecule is C.C.CCC(C(C)=O)n1ccn(-c2ccc(N3CCN(c4ccc(Br)cc4)CC3)cc2)c1=O.O=c1[nH]ccn1-c1ccc(N2CCN(c3ccc(Br)cc3)CC2)cc1. The number of carbonyl (C=O) groups is 1. The molecule has 2 aliphatic heterocycles. The number of aromatic amines is 1. The number of imidazole rings is 2. The molecule has 4 aromatic carbocycles. The van der Waals surface area contributed by atoms with Crippen LogP contribution in [0, 0.1) is 0 Å². The first-order chi connectivity index (χ1) is 27.2. The maximum atomic E-state index is 12.8. The van der Waals surface area contributed by atoms with Crippen LogP contribution in [0.15, 0.2) is 140 Å². The van der Waals surface area contributed by atoms with E-state index in [1.807, 2.05) is 31.2 Å². The lowest BCUT2D eigenvalue weighted by atomic mass is 10.1. The second kappa shape index (κ2) is 19.9. The van der Waals surface area contributed by atoms with Crippen molar-refractivity contribution in [1.29, 1.82) is 0 Å². The van der Waals surface area contributed by atoms with E-state index in [1.54, 1.807) is 33.9 Å². The van der Waals surface area contributed by atoms with E-state index < -0.39 is 6.04 Å². The zero-order valence-corrected chi connectivity index (χ0v) is 34.8. The molecule has 1 atom stereocenters. The predicted molar refractivity (Wildman–Crippen MR) is 247 cm³/mol. The molecule has 2 saturated heterocycles. The Labute approximate surface area is 358 Å². The average Bonchev–Trinajstić information content (AvgIpc) is 3.84. The van der Waals surface area contributed by atoms with Gasteiger partial charge >= 0.3 is 11.4 Å². The van der Waals surface area contributed by atoms with Crippen molar-refractivity contribution in [2.24, 2.45) is 0 Å². The molecule has 2 fully saturated rings. The van der Waals surface area contributed by atoms with Gasteiger partial charge in [0.25, 0.3) is 0 Å². The highest BCUT2D eigenvalue weighted by atomic mass is 79.9. The Bertz CT molecular complexity index is 2320. The number of Topliss-reactive ketones (excluding diaryl/α,β-unsaturated/α-hetero) is 1. The van der Waals surface area contributed by atoms with Gasteiger partial charge in [0.1, 0.15) is 0 Å². The van der Waals surface area contributed by atoms with Crippen LogP contribution in [-0.2, 0) is 4.79 Å². The van der Waals surface area contributed by atoms with Gasteiger partial charge in [-0.15, -0.1) is 0 Å². The van der Waals surface area contributed by atoms with Gasteiger partial charge in [0.15, 0.2) is 5.78 Å². The number of aromatic nitrogens is 4. The van der Waals surface area contributed by atoms with E-state index in [0.29, 0.717) is 6.42 Å². The van der Waals surface area contributed by atoms with Gasteiger partial charge in [0.05, 0.1) is 17.4 Å². The molecule has 2 aliphatic rings. The van der Waals surface area contributed by atoms with Gasteiger partial charge in [-0.1, -0.05) is 53.6 Å². The van der Waals surface area contributed by atoms with Crippen LogP contribution >= 0.6 is 31.9 Å². The van der Waals surface area contributed by atoms with Crippen molar-refractivity contribution in [1.82, 2.24) is 18.7 Å². The van der Waals surface area contributed by atoms with Crippen molar-refractivity contribution >= 4 is 60.4 Å². The number of carbonyl (C=O) groups excluding carboxylic acids is 1. The van der Waals surface area contributed by atoms with Crippen molar-refractivity contribution in [2.75, 3.05) is 72.0 Å². The molecule has 11 nitrogen and oxygen atoms in total. The second-order valence-corrected chi connectivity index (χ2v) is 15.8. The average molecular weight is 915 g/mol. The van der Waals surface area contributed by atoms with Gasteiger partial charge in [-0.25, -0.2) is 9.59 Å². The molecule has 0 radical (unpaired) electrons. The fourth-order valence-corrected chi connectivity index (χ4v) is 7.95. The minimum absolute atomic E-state index is 0. The summed E-state index contributed by atoms with van der Waals surface area (Å²) in [6.45, 7) is 11.3. The third-order valence-electron chi connectivity index (χ3n) is 10.6. The number of H-pyrrole nitrogens is 1. The number of anilines is 4. The molecule has 8 rings (SSSR count). The standard InChI is InChI=1S/C24H27BrN4O2.C19H19BrN4O.2CH4/c1-3-23(18(2)30)29-17-16-28(24(29)31)22-10-8-21(9-11-22)27-14-12-26(13-15-27)20-6-4-19(25)5-7-20;20-15-1-3-16(4-2-15)22-11-13-23(14-12-22)17-5-7-18(8-6-17)24-10-9-21-19(24)25;;/h4-11,16-17,23H,3,12-15H2,1-2H3;1-10H,11-14H2,(H,21,25);2*1H4. The smallest absolute Gasteiger partial charge is 0.333 e. The van der Waals surface area contributed by atoms with Gasteiger partial charge < -0.3 is 24.6 Å². The Kier molecular flexibility index (Phi) is 15.1. The number of ketones is 1. The zero-order valence-electron chi connectivity index (χ0n) is 31.6. The Morgan fingerprint density at radius 3 is 1.22 bits per heavy atom. The third-order valence-corrected chi connectivity index (χ3v) is 11.6. The molecular formula is C45H54Br2N8O3. The molecule has 6 aromatic rings. The van der Waals surface area contributed by atoms with E-state index in [1.165, 1.54) is 28.6 Å². The molecule has 0 saturated carbocycles. The summed E-state index contributed by atoms with van der Waals surface area (Å²) in [6.07, 6.45) is 7.43. The third kappa shape index (κ3) is 10.0. The molecule has 0 spiro atoms. The van der Waals surface area contributed by atoms with E-state index in [9.17, 15) is 14.4 Å². The van der Waals surface area contributed by atoms with Gasteiger partial charge in [-0.3, -0.25) is 18.5 Å². The van der Waals surface area contributed by atoms with Crippen LogP contribution < -0.4 is 31.0 Å². The maximum absolute atomic E-state index is 12.8. The quantitative estimate of drug-likeness (QED) is 0.155. The lowest BCUT2D eigenvalue weighted by molar-refractivity contribution is -0.120. The molecule has 13 heteroatoms. The highest BCUT2D eigenvalue weighted by Crippen LogP contribution is 2.25. The fraction of sp³-hybridized carbons (Fsp3) is 0.311. The summed E-state index contributed by atoms with van der Waals surface area (Å²) in [4.78, 5) is 48.6. The van der Waals surface area contributed by atoms with E-state index in [-0.39, 0.29) is 32.0 Å². The molecule has 58 heavy (non-hydrogen) atoms. The van der Waals surface area contributed by atoms with Crippen molar-refractivity contribution in [3.63, 3.8) is 0 Å². The topological polar surface area (TPSA) is 94.8 Å². The lowest BCUT2D eigenvalue weighted by Gasteiger charge is -2.37. The number of hydrogen-bond donors (Lipinski definition) is 1. The molecule has 0 bridgehead atoms. The van der Waals surface area contributed by atoms with Gasteiger partial charge in [-0.2, -0.15) is 0 Å². The number of benzene rings is 4. The summed E-state index contributed by atoms with van der Waals surface area (Å²) < 4.78 is 6.93. The summed E-state index contributed by atoms with van der Waals surface area (Å²) in [5.74, 6) is -0.0000208. The first kappa shape index (κ1) is 43.8. The van der Waals surface area contributed by atoms with Gasteiger partial charge in [0.2, 0.25) is 0 Å². The summed E-state index contributed by atoms with van der Waals surface area (Å²) >= 11 is 6.97. The largest absolute Gasteiger partial charge is 0.368 e. The highest BCUT2D eigenvalue weighted by molar-refractivity contribution is 9.10. The molecule has 1 unspecified atom stereocenters. The zero-order chi connectivity index (χ0) is 39.2. The number of nitrogens with one attached hydrogen (secondary N) is 1. The van der Waals surface area contributed by atoms with Gasteiger partial charge in [0, 0.05) is 109 Å². The summed E-state index contributed by atoms with van der Waals surface area (Å²) in [5.41, 5.74) is 6.25. The maximum Gasteiger partial charge on any atom is 0.333 e. The number of piperazine rings is 2. The molecule has 306 valence electrons. The predicted octanol–water partition coefficient (Wildman–Crippen LogP) is 8.80. The van der Waals surface area contributed by atoms with Crippen LogP contribution in [0.4, 0.5) is 22.7 Å². The van der Waals surface area contributed by atoms with Crippen LogP contribution in [0.2, 0.25) is 0 Å². The Balaban J connectivity index is 0.000000218. The van der Waals surface area contributed by atoms with Crippen LogP contribution in [0.1, 0.15) is 41.2 Å². The first-order valence-electron chi connectivity index (χ1n) is 19.0. The van der Waals surface area contributed by atoms with E-state index in [0.717, 1.165) is 78.4 Å². The van der Waals surface area contributed by atoms with Crippen molar-refractivity contribution in [3.05, 3.63) is 152 Å². The summed E-state index contributed by atoms with van der Waals surface area (Å²) in [5, 5.41) is 0. The molecule has 4 heterocycles. The van der Waals surface area contributed by atoms with Crippen LogP contribution in [0.3, 0.4) is 0 Å². The number of halogens is 2. The van der Waals surface area contributed by atoms with Crippen molar-refractivity contribution in [3.8, 4) is 11.4 Å². The summed E-state index contributed by atoms with van der Waals surface area (Å²) in [6, 6.07) is 32.8. The van der Waals surface area contributed by atoms with Gasteiger partial charge in [-0.05, 0) is 110 Å². The van der Waals surface area contributed by atoms with Crippen LogP contribution in [0.5, 0.6) is 0 Å². The molecule has 0 amide bonds. The Hall–Kier alpha value is -5.27. The number of hydrogen-bond acceptors (Lipinski definition) is 7. The molecule has 2 aromatic heterocycles. The van der Waals surface area contributed by atoms with E-state index in [2.05, 4.69) is 129 Å². The minimum Gasteiger partial charge on any atom is -0.368 e. The van der Waals surface area contributed by atoms with Crippen molar-refractivity contribution < 1.29 is 4.79 Å². The highest BCUT2D eigenvalue weighted by Gasteiger charge is 2.21. The minimum atomic E-state index is -0.407. The van der Waals surface area contributed by atoms with Crippen LogP contribution in [0.25, 0.3) is 11.4 Å². The fourth-order valence-electron chi connectivity index (χ4n) is 7.43. The van der Waals surface area contributed by atoms with E-state index >= 15 is 0 Å². The second-order valence-electron chi connectivity index (χ2n) is 14.0. The lowest BCUT2D eigenvalue weighted by Crippen LogP contribution is -2.46. The number of rotatable bonds is 9. The first-order valence-corrected chi connectivity index (χ1v) is 20.5. The monoisotopic (exact) mass is 912 g/mol. The Morgan fingerprint density at radius 2 is 0.897 bits per heavy atom. The molecule has 0 aliphatic carbocycles. The summed E-state index contributed by atoms with van der Waals surface area (Å²) in [7, 11) is 0. The molecule has 1 N–H and O–H groups in total. The molecular weight excluding hydrogens is 860 g/mol. The van der Waals surface area contributed by atoms with E-state index in [4.69, 9.17) is 0 Å². The Morgan fingerprint density at radius 1 is 0.552 bits per heavy atom.